The number of aryl methyl sites for hydroxylation is 1. The topological polar surface area (TPSA) is 69.4 Å². The van der Waals surface area contributed by atoms with Gasteiger partial charge in [0.15, 0.2) is 5.78 Å². The van der Waals surface area contributed by atoms with Crippen molar-refractivity contribution in [3.8, 4) is 0 Å². The molecule has 0 aromatic heterocycles. The molecule has 0 bridgehead atoms. The lowest BCUT2D eigenvalue weighted by molar-refractivity contribution is 0.0600. The zero-order chi connectivity index (χ0) is 12.3. The number of Topliss-reactive ketones (excluding diaryl/α,β-unsaturated/α-hetero) is 1. The molecule has 0 heterocycles. The van der Waals surface area contributed by atoms with Gasteiger partial charge in [-0.2, -0.15) is 0 Å². The Morgan fingerprint density at radius 1 is 1.31 bits per heavy atom. The summed E-state index contributed by atoms with van der Waals surface area (Å²) in [6, 6.07) is 3.26. The van der Waals surface area contributed by atoms with E-state index in [2.05, 4.69) is 4.74 Å². The Labute approximate surface area is 94.4 Å². The molecular weight excluding hydrogens is 206 g/mol. The van der Waals surface area contributed by atoms with Crippen LogP contribution in [0.2, 0.25) is 0 Å². The number of nitrogens with two attached hydrogens (primary N) is 1. The normalized spacial score (nSPS) is 10.0. The lowest BCUT2D eigenvalue weighted by Crippen LogP contribution is -2.15. The Morgan fingerprint density at radius 3 is 2.44 bits per heavy atom. The summed E-state index contributed by atoms with van der Waals surface area (Å²) < 4.78 is 4.66. The van der Waals surface area contributed by atoms with Gasteiger partial charge in [-0.25, -0.2) is 4.79 Å². The SMILES string of the molecule is COC(=O)c1cc(C(=O)CN)cc(C)c1C. The van der Waals surface area contributed by atoms with Crippen LogP contribution >= 0.6 is 0 Å². The first-order chi connectivity index (χ1) is 7.51. The summed E-state index contributed by atoms with van der Waals surface area (Å²) in [4.78, 5) is 22.9. The molecule has 1 rings (SSSR count). The summed E-state index contributed by atoms with van der Waals surface area (Å²) >= 11 is 0. The summed E-state index contributed by atoms with van der Waals surface area (Å²) in [6.07, 6.45) is 0. The quantitative estimate of drug-likeness (QED) is 0.615. The third-order valence-electron chi connectivity index (χ3n) is 2.58. The number of rotatable bonds is 3. The Hall–Kier alpha value is -1.68. The van der Waals surface area contributed by atoms with Gasteiger partial charge in [0.05, 0.1) is 19.2 Å². The minimum atomic E-state index is -0.438. The summed E-state index contributed by atoms with van der Waals surface area (Å²) in [5, 5.41) is 0. The van der Waals surface area contributed by atoms with Gasteiger partial charge in [0.1, 0.15) is 0 Å². The molecule has 0 unspecified atom stereocenters. The van der Waals surface area contributed by atoms with Gasteiger partial charge in [0.2, 0.25) is 0 Å². The molecule has 0 saturated carbocycles. The number of hydrogen-bond acceptors (Lipinski definition) is 4. The molecular formula is C12H15NO3. The number of carbonyl (C=O) groups excluding carboxylic acids is 2. The zero-order valence-corrected chi connectivity index (χ0v) is 9.66. The average Bonchev–Trinajstić information content (AvgIpc) is 2.30. The van der Waals surface area contributed by atoms with Gasteiger partial charge >= 0.3 is 5.97 Å². The van der Waals surface area contributed by atoms with Gasteiger partial charge in [0, 0.05) is 5.56 Å². The van der Waals surface area contributed by atoms with Crippen LogP contribution in [0.15, 0.2) is 12.1 Å². The van der Waals surface area contributed by atoms with Crippen molar-refractivity contribution in [3.63, 3.8) is 0 Å². The second kappa shape index (κ2) is 4.90. The summed E-state index contributed by atoms with van der Waals surface area (Å²) in [5.41, 5.74) is 7.85. The second-order valence-corrected chi connectivity index (χ2v) is 3.58. The number of ketones is 1. The van der Waals surface area contributed by atoms with Gasteiger partial charge in [-0.15, -0.1) is 0 Å². The largest absolute Gasteiger partial charge is 0.465 e. The molecule has 0 saturated heterocycles. The highest BCUT2D eigenvalue weighted by Gasteiger charge is 2.14. The molecule has 4 nitrogen and oxygen atoms in total. The molecule has 16 heavy (non-hydrogen) atoms. The van der Waals surface area contributed by atoms with Crippen molar-refractivity contribution in [2.24, 2.45) is 5.73 Å². The summed E-state index contributed by atoms with van der Waals surface area (Å²) in [5.74, 6) is -0.625. The monoisotopic (exact) mass is 221 g/mol. The number of esters is 1. The smallest absolute Gasteiger partial charge is 0.338 e. The molecule has 1 aromatic carbocycles. The molecule has 2 N–H and O–H groups in total. The van der Waals surface area contributed by atoms with Crippen LogP contribution < -0.4 is 5.73 Å². The Balaban J connectivity index is 3.33. The fourth-order valence-corrected chi connectivity index (χ4v) is 1.46. The van der Waals surface area contributed by atoms with Gasteiger partial charge in [-0.3, -0.25) is 4.79 Å². The second-order valence-electron chi connectivity index (χ2n) is 3.58. The molecule has 0 aliphatic rings. The number of carbonyl (C=O) groups is 2. The predicted octanol–water partition coefficient (Wildman–Crippen LogP) is 1.23. The van der Waals surface area contributed by atoms with E-state index in [4.69, 9.17) is 5.73 Å². The minimum absolute atomic E-state index is 0.0664. The van der Waals surface area contributed by atoms with Crippen molar-refractivity contribution < 1.29 is 14.3 Å². The van der Waals surface area contributed by atoms with Gasteiger partial charge in [-0.1, -0.05) is 0 Å². The molecule has 0 aliphatic carbocycles. The van der Waals surface area contributed by atoms with Crippen LogP contribution in [-0.4, -0.2) is 25.4 Å². The fraction of sp³-hybridized carbons (Fsp3) is 0.333. The number of hydrogen-bond donors (Lipinski definition) is 1. The van der Waals surface area contributed by atoms with Gasteiger partial charge in [0.25, 0.3) is 0 Å². The minimum Gasteiger partial charge on any atom is -0.465 e. The maximum Gasteiger partial charge on any atom is 0.338 e. The summed E-state index contributed by atoms with van der Waals surface area (Å²) in [7, 11) is 1.31. The maximum absolute atomic E-state index is 11.5. The Bertz CT molecular complexity index is 438. The third-order valence-corrected chi connectivity index (χ3v) is 2.58. The molecule has 0 aliphatic heterocycles. The molecule has 0 amide bonds. The van der Waals surface area contributed by atoms with E-state index >= 15 is 0 Å². The van der Waals surface area contributed by atoms with Crippen LogP contribution in [0.5, 0.6) is 0 Å². The highest BCUT2D eigenvalue weighted by molar-refractivity contribution is 6.01. The van der Waals surface area contributed by atoms with Crippen molar-refractivity contribution >= 4 is 11.8 Å². The van der Waals surface area contributed by atoms with Crippen molar-refractivity contribution in [1.82, 2.24) is 0 Å². The highest BCUT2D eigenvalue weighted by Crippen LogP contribution is 2.17. The lowest BCUT2D eigenvalue weighted by atomic mass is 9.97. The van der Waals surface area contributed by atoms with E-state index in [0.717, 1.165) is 11.1 Å². The molecule has 0 fully saturated rings. The maximum atomic E-state index is 11.5. The third kappa shape index (κ3) is 2.28. The van der Waals surface area contributed by atoms with Crippen LogP contribution in [0, 0.1) is 13.8 Å². The first-order valence-corrected chi connectivity index (χ1v) is 4.94. The standard InChI is InChI=1S/C12H15NO3/c1-7-4-9(11(14)6-13)5-10(8(7)2)12(15)16-3/h4-5H,6,13H2,1-3H3. The molecule has 0 atom stereocenters. The van der Waals surface area contributed by atoms with Crippen LogP contribution in [0.1, 0.15) is 31.8 Å². The van der Waals surface area contributed by atoms with Crippen molar-refractivity contribution in [2.75, 3.05) is 13.7 Å². The first-order valence-electron chi connectivity index (χ1n) is 4.94. The van der Waals surface area contributed by atoms with Crippen molar-refractivity contribution in [2.45, 2.75) is 13.8 Å². The molecule has 1 aromatic rings. The van der Waals surface area contributed by atoms with E-state index in [0.29, 0.717) is 11.1 Å². The van der Waals surface area contributed by atoms with E-state index < -0.39 is 5.97 Å². The molecule has 0 radical (unpaired) electrons. The van der Waals surface area contributed by atoms with Crippen LogP contribution in [0.25, 0.3) is 0 Å². The first kappa shape index (κ1) is 12.4. The Kier molecular flexibility index (Phi) is 3.79. The average molecular weight is 221 g/mol. The van der Waals surface area contributed by atoms with Gasteiger partial charge in [-0.05, 0) is 37.1 Å². The van der Waals surface area contributed by atoms with Crippen molar-refractivity contribution in [1.29, 1.82) is 0 Å². The molecule has 86 valence electrons. The summed E-state index contributed by atoms with van der Waals surface area (Å²) in [6.45, 7) is 3.59. The van der Waals surface area contributed by atoms with Gasteiger partial charge < -0.3 is 10.5 Å². The van der Waals surface area contributed by atoms with Crippen LogP contribution in [0.4, 0.5) is 0 Å². The molecule has 0 spiro atoms. The lowest BCUT2D eigenvalue weighted by Gasteiger charge is -2.09. The van der Waals surface area contributed by atoms with Crippen LogP contribution in [0.3, 0.4) is 0 Å². The van der Waals surface area contributed by atoms with E-state index in [1.165, 1.54) is 13.2 Å². The fourth-order valence-electron chi connectivity index (χ4n) is 1.46. The number of methoxy groups -OCH3 is 1. The Morgan fingerprint density at radius 2 is 1.94 bits per heavy atom. The van der Waals surface area contributed by atoms with E-state index in [1.54, 1.807) is 6.07 Å². The van der Waals surface area contributed by atoms with Crippen molar-refractivity contribution in [3.05, 3.63) is 34.4 Å². The van der Waals surface area contributed by atoms with E-state index in [9.17, 15) is 9.59 Å². The van der Waals surface area contributed by atoms with E-state index in [1.807, 2.05) is 13.8 Å². The number of ether oxygens (including phenoxy) is 1. The highest BCUT2D eigenvalue weighted by atomic mass is 16.5. The van der Waals surface area contributed by atoms with Crippen LogP contribution in [-0.2, 0) is 4.74 Å². The van der Waals surface area contributed by atoms with E-state index in [-0.39, 0.29) is 12.3 Å². The zero-order valence-electron chi connectivity index (χ0n) is 9.66. The number of benzene rings is 1. The molecule has 4 heteroatoms. The predicted molar refractivity (Wildman–Crippen MR) is 60.6 cm³/mol.